The highest BCUT2D eigenvalue weighted by Gasteiger charge is 2.17. The van der Waals surface area contributed by atoms with Crippen LogP contribution in [0, 0.1) is 0 Å². The number of carbonyl (C=O) groups is 1. The van der Waals surface area contributed by atoms with E-state index >= 15 is 0 Å². The van der Waals surface area contributed by atoms with Gasteiger partial charge in [-0.2, -0.15) is 5.10 Å². The van der Waals surface area contributed by atoms with Gasteiger partial charge in [0.05, 0.1) is 24.7 Å². The Labute approximate surface area is 121 Å². The number of carbonyl (C=O) groups excluding carboxylic acids is 1. The number of halogens is 1. The number of methoxy groups -OCH3 is 1. The number of anilines is 2. The molecule has 0 bridgehead atoms. The second-order valence-corrected chi connectivity index (χ2v) is 4.46. The van der Waals surface area contributed by atoms with Crippen LogP contribution in [0.25, 0.3) is 5.65 Å². The summed E-state index contributed by atoms with van der Waals surface area (Å²) in [6.07, 6.45) is 3.81. The Balaban J connectivity index is 2.54. The summed E-state index contributed by atoms with van der Waals surface area (Å²) >= 11 is 5.93. The van der Waals surface area contributed by atoms with Gasteiger partial charge in [0.25, 0.3) is 0 Å². The Morgan fingerprint density at radius 1 is 1.60 bits per heavy atom. The second kappa shape index (κ2) is 6.53. The van der Waals surface area contributed by atoms with Crippen molar-refractivity contribution in [3.8, 4) is 0 Å². The predicted octanol–water partition coefficient (Wildman–Crippen LogP) is 1.42. The number of ether oxygens (including phenoxy) is 1. The van der Waals surface area contributed by atoms with E-state index < -0.39 is 0 Å². The van der Waals surface area contributed by atoms with Crippen LogP contribution >= 0.6 is 11.6 Å². The zero-order valence-electron chi connectivity index (χ0n) is 11.3. The Morgan fingerprint density at radius 3 is 3.05 bits per heavy atom. The summed E-state index contributed by atoms with van der Waals surface area (Å²) in [5.74, 6) is 0. The van der Waals surface area contributed by atoms with E-state index in [1.165, 1.54) is 0 Å². The van der Waals surface area contributed by atoms with Crippen molar-refractivity contribution in [1.29, 1.82) is 0 Å². The molecule has 0 aliphatic heterocycles. The van der Waals surface area contributed by atoms with Crippen LogP contribution in [-0.2, 0) is 9.53 Å². The Kier molecular flexibility index (Phi) is 4.75. The molecule has 0 aromatic carbocycles. The smallest absolute Gasteiger partial charge is 0.211 e. The Morgan fingerprint density at radius 2 is 2.40 bits per heavy atom. The molecule has 2 rings (SSSR count). The number of imidazole rings is 1. The standard InChI is InChI=1S/C12H16ClN5O2/c1-3-17(4-5-20-2)11-9(14-8-19)6-15-18-7-10(13)16-12(11)18/h6-8H,3-5H2,1-2H3,(H,14,19). The van der Waals surface area contributed by atoms with E-state index in [-0.39, 0.29) is 0 Å². The van der Waals surface area contributed by atoms with Crippen molar-refractivity contribution in [2.75, 3.05) is 37.0 Å². The molecule has 2 aromatic rings. The number of hydrogen-bond acceptors (Lipinski definition) is 5. The van der Waals surface area contributed by atoms with Crippen molar-refractivity contribution in [2.24, 2.45) is 0 Å². The van der Waals surface area contributed by atoms with Crippen molar-refractivity contribution < 1.29 is 9.53 Å². The molecule has 20 heavy (non-hydrogen) atoms. The molecule has 0 saturated heterocycles. The van der Waals surface area contributed by atoms with Gasteiger partial charge in [-0.1, -0.05) is 11.6 Å². The van der Waals surface area contributed by atoms with Crippen LogP contribution in [0.1, 0.15) is 6.92 Å². The topological polar surface area (TPSA) is 71.8 Å². The Bertz CT molecular complexity index is 601. The van der Waals surface area contributed by atoms with Crippen LogP contribution in [0.15, 0.2) is 12.4 Å². The lowest BCUT2D eigenvalue weighted by Gasteiger charge is -2.24. The number of fused-ring (bicyclic) bond motifs is 1. The average molecular weight is 298 g/mol. The van der Waals surface area contributed by atoms with E-state index in [4.69, 9.17) is 16.3 Å². The normalized spacial score (nSPS) is 10.8. The maximum Gasteiger partial charge on any atom is 0.211 e. The van der Waals surface area contributed by atoms with E-state index in [0.29, 0.717) is 36.0 Å². The van der Waals surface area contributed by atoms with Crippen LogP contribution in [-0.4, -0.2) is 47.8 Å². The van der Waals surface area contributed by atoms with E-state index in [0.717, 1.165) is 12.2 Å². The van der Waals surface area contributed by atoms with Gasteiger partial charge in [-0.25, -0.2) is 9.50 Å². The number of hydrogen-bond donors (Lipinski definition) is 1. The molecule has 2 aromatic heterocycles. The highest BCUT2D eigenvalue weighted by atomic mass is 35.5. The fraction of sp³-hybridized carbons (Fsp3) is 0.417. The highest BCUT2D eigenvalue weighted by molar-refractivity contribution is 6.29. The summed E-state index contributed by atoms with van der Waals surface area (Å²) in [6, 6.07) is 0. The Hall–Kier alpha value is -1.86. The van der Waals surface area contributed by atoms with Crippen LogP contribution in [0.2, 0.25) is 5.15 Å². The third kappa shape index (κ3) is 2.83. The van der Waals surface area contributed by atoms with E-state index in [1.54, 1.807) is 24.0 Å². The van der Waals surface area contributed by atoms with Gasteiger partial charge in [0, 0.05) is 20.2 Å². The van der Waals surface area contributed by atoms with Crippen molar-refractivity contribution in [2.45, 2.75) is 6.92 Å². The lowest BCUT2D eigenvalue weighted by molar-refractivity contribution is -0.105. The summed E-state index contributed by atoms with van der Waals surface area (Å²) in [6.45, 7) is 3.99. The zero-order valence-corrected chi connectivity index (χ0v) is 12.1. The monoisotopic (exact) mass is 297 g/mol. The van der Waals surface area contributed by atoms with Crippen molar-refractivity contribution >= 4 is 35.0 Å². The molecule has 0 atom stereocenters. The summed E-state index contributed by atoms with van der Waals surface area (Å²) in [4.78, 5) is 17.1. The third-order valence-electron chi connectivity index (χ3n) is 2.91. The summed E-state index contributed by atoms with van der Waals surface area (Å²) < 4.78 is 6.70. The third-order valence-corrected chi connectivity index (χ3v) is 3.10. The molecule has 0 unspecified atom stereocenters. The summed E-state index contributed by atoms with van der Waals surface area (Å²) in [7, 11) is 1.65. The van der Waals surface area contributed by atoms with Gasteiger partial charge in [-0.05, 0) is 6.92 Å². The number of nitrogens with zero attached hydrogens (tertiary/aromatic N) is 4. The molecule has 1 amide bonds. The summed E-state index contributed by atoms with van der Waals surface area (Å²) in [5, 5.41) is 7.17. The first-order chi connectivity index (χ1) is 9.71. The molecule has 7 nitrogen and oxygen atoms in total. The largest absolute Gasteiger partial charge is 0.383 e. The molecule has 108 valence electrons. The minimum Gasteiger partial charge on any atom is -0.383 e. The number of nitrogens with one attached hydrogen (secondary N) is 1. The average Bonchev–Trinajstić information content (AvgIpc) is 2.81. The first-order valence-electron chi connectivity index (χ1n) is 6.19. The molecule has 0 radical (unpaired) electrons. The molecular formula is C12H16ClN5O2. The molecule has 0 aliphatic carbocycles. The molecule has 0 saturated carbocycles. The van der Waals surface area contributed by atoms with Crippen LogP contribution in [0.3, 0.4) is 0 Å². The van der Waals surface area contributed by atoms with Crippen molar-refractivity contribution in [1.82, 2.24) is 14.6 Å². The maximum absolute atomic E-state index is 10.8. The number of rotatable bonds is 7. The van der Waals surface area contributed by atoms with Gasteiger partial charge >= 0.3 is 0 Å². The van der Waals surface area contributed by atoms with Gasteiger partial charge in [-0.15, -0.1) is 0 Å². The molecule has 0 fully saturated rings. The quantitative estimate of drug-likeness (QED) is 0.783. The van der Waals surface area contributed by atoms with Crippen LogP contribution in [0.4, 0.5) is 11.4 Å². The second-order valence-electron chi connectivity index (χ2n) is 4.07. The first-order valence-corrected chi connectivity index (χ1v) is 6.57. The van der Waals surface area contributed by atoms with Crippen molar-refractivity contribution in [3.63, 3.8) is 0 Å². The minimum atomic E-state index is 0.352. The van der Waals surface area contributed by atoms with Gasteiger partial charge in [0.1, 0.15) is 10.8 Å². The van der Waals surface area contributed by atoms with E-state index in [1.807, 2.05) is 6.92 Å². The predicted molar refractivity (Wildman–Crippen MR) is 77.4 cm³/mol. The van der Waals surface area contributed by atoms with Gasteiger partial charge in [0.15, 0.2) is 5.65 Å². The fourth-order valence-electron chi connectivity index (χ4n) is 2.00. The van der Waals surface area contributed by atoms with E-state index in [2.05, 4.69) is 20.3 Å². The van der Waals surface area contributed by atoms with Gasteiger partial charge in [0.2, 0.25) is 6.41 Å². The minimum absolute atomic E-state index is 0.352. The van der Waals surface area contributed by atoms with Crippen LogP contribution in [0.5, 0.6) is 0 Å². The molecule has 0 aliphatic rings. The van der Waals surface area contributed by atoms with E-state index in [9.17, 15) is 4.79 Å². The molecular weight excluding hydrogens is 282 g/mol. The SMILES string of the molecule is CCN(CCOC)c1c(NC=O)cnn2cc(Cl)nc12. The molecule has 0 spiro atoms. The van der Waals surface area contributed by atoms with Crippen molar-refractivity contribution in [3.05, 3.63) is 17.5 Å². The molecule has 8 heteroatoms. The highest BCUT2D eigenvalue weighted by Crippen LogP contribution is 2.30. The zero-order chi connectivity index (χ0) is 14.5. The fourth-order valence-corrected chi connectivity index (χ4v) is 2.18. The lowest BCUT2D eigenvalue weighted by atomic mass is 10.3. The van der Waals surface area contributed by atoms with Gasteiger partial charge in [-0.3, -0.25) is 4.79 Å². The maximum atomic E-state index is 10.8. The van der Waals surface area contributed by atoms with Crippen LogP contribution < -0.4 is 10.2 Å². The number of aromatic nitrogens is 3. The number of likely N-dealkylation sites (N-methyl/N-ethyl adjacent to an activating group) is 1. The lowest BCUT2D eigenvalue weighted by Crippen LogP contribution is -2.28. The first kappa shape index (κ1) is 14.5. The molecule has 1 N–H and O–H groups in total. The number of amides is 1. The van der Waals surface area contributed by atoms with Gasteiger partial charge < -0.3 is 15.0 Å². The summed E-state index contributed by atoms with van der Waals surface area (Å²) in [5.41, 5.74) is 1.96. The molecule has 2 heterocycles.